The van der Waals surface area contributed by atoms with Crippen LogP contribution in [0.25, 0.3) is 10.9 Å². The van der Waals surface area contributed by atoms with Gasteiger partial charge in [0.05, 0.1) is 24.4 Å². The molecular weight excluding hydrogens is 897 g/mol. The zero-order chi connectivity index (χ0) is 51.3. The second-order valence-electron chi connectivity index (χ2n) is 26.1. The van der Waals surface area contributed by atoms with Gasteiger partial charge >= 0.3 is 0 Å². The summed E-state index contributed by atoms with van der Waals surface area (Å²) in [5.41, 5.74) is 8.62. The van der Waals surface area contributed by atoms with Crippen molar-refractivity contribution in [2.45, 2.75) is 222 Å². The van der Waals surface area contributed by atoms with E-state index in [1.807, 2.05) is 18.5 Å². The third kappa shape index (κ3) is 12.1. The maximum Gasteiger partial charge on any atom is 0.164 e. The number of oxime groups is 1. The summed E-state index contributed by atoms with van der Waals surface area (Å²) in [6.07, 6.45) is 29.3. The summed E-state index contributed by atoms with van der Waals surface area (Å²) in [6, 6.07) is 21.2. The van der Waals surface area contributed by atoms with Gasteiger partial charge in [-0.3, -0.25) is 4.98 Å². The van der Waals surface area contributed by atoms with Crippen molar-refractivity contribution in [3.63, 3.8) is 0 Å². The molecular formula is C67H96N2O4. The molecule has 0 radical (unpaired) electrons. The van der Waals surface area contributed by atoms with E-state index in [0.717, 1.165) is 95.8 Å². The molecule has 0 unspecified atom stereocenters. The van der Waals surface area contributed by atoms with Crippen LogP contribution in [0.1, 0.15) is 204 Å². The maximum atomic E-state index is 7.18. The molecule has 398 valence electrons. The smallest absolute Gasteiger partial charge is 0.164 e. The maximum absolute atomic E-state index is 7.18. The summed E-state index contributed by atoms with van der Waals surface area (Å²) in [5.74, 6) is 7.93. The fraction of sp³-hybridized carbons (Fsp3) is 0.672. The Morgan fingerprint density at radius 3 is 2.23 bits per heavy atom. The predicted octanol–water partition coefficient (Wildman–Crippen LogP) is 17.7. The Bertz CT molecular complexity index is 2460. The molecule has 4 aromatic rings. The van der Waals surface area contributed by atoms with E-state index >= 15 is 0 Å². The molecule has 6 heteroatoms. The minimum Gasteiger partial charge on any atom is -0.489 e. The highest BCUT2D eigenvalue weighted by Crippen LogP contribution is 2.68. The molecule has 0 spiro atoms. The van der Waals surface area contributed by atoms with Gasteiger partial charge in [-0.25, -0.2) is 0 Å². The van der Waals surface area contributed by atoms with E-state index < -0.39 is 0 Å². The lowest BCUT2D eigenvalue weighted by atomic mass is 9.44. The summed E-state index contributed by atoms with van der Waals surface area (Å²) < 4.78 is 20.9. The highest BCUT2D eigenvalue weighted by atomic mass is 16.7. The summed E-state index contributed by atoms with van der Waals surface area (Å²) in [5, 5.41) is 5.96. The minimum absolute atomic E-state index is 0.138. The second kappa shape index (κ2) is 23.6. The van der Waals surface area contributed by atoms with E-state index in [9.17, 15) is 0 Å². The van der Waals surface area contributed by atoms with Gasteiger partial charge in [0.25, 0.3) is 0 Å². The summed E-state index contributed by atoms with van der Waals surface area (Å²) in [7, 11) is 0. The molecule has 6 nitrogen and oxygen atoms in total. The molecule has 4 aliphatic carbocycles. The molecule has 1 aromatic heterocycles. The number of hydrogen-bond donors (Lipinski definition) is 0. The molecule has 5 aliphatic rings. The van der Waals surface area contributed by atoms with Gasteiger partial charge in [-0.1, -0.05) is 146 Å². The van der Waals surface area contributed by atoms with Gasteiger partial charge in [0.2, 0.25) is 0 Å². The number of fused-ring (bicyclic) bond motifs is 7. The number of nitrogens with zero attached hydrogens (tertiary/aromatic N) is 2. The van der Waals surface area contributed by atoms with Gasteiger partial charge in [-0.15, -0.1) is 0 Å². The molecule has 0 N–H and O–H groups in total. The SMILES string of the molecule is Cc1c(C)c2c(c(C)c1OC[C@@H](O/N=C/c1cccc3cccnc13)[C@H]1CC[C@H]3[C@@H]4CC[C@H]5C[C@@H](OCc6ccccc6)CC[C@]5(C)[C@H]4CC[C@]13C)CC[C@@](C)(CCC[C@H](C)CCC[C@H](C)CCCC(C)C)O2. The Kier molecular flexibility index (Phi) is 17.4. The van der Waals surface area contributed by atoms with Crippen LogP contribution < -0.4 is 9.47 Å². The number of hydrogen-bond acceptors (Lipinski definition) is 6. The van der Waals surface area contributed by atoms with Crippen LogP contribution in [0.3, 0.4) is 0 Å². The second-order valence-corrected chi connectivity index (χ2v) is 26.1. The predicted molar refractivity (Wildman–Crippen MR) is 303 cm³/mol. The highest BCUT2D eigenvalue weighted by molar-refractivity contribution is 5.97. The first kappa shape index (κ1) is 53.9. The average molecular weight is 994 g/mol. The van der Waals surface area contributed by atoms with Crippen LogP contribution >= 0.6 is 0 Å². The lowest BCUT2D eigenvalue weighted by molar-refractivity contribution is -0.146. The molecule has 12 atom stereocenters. The number of rotatable bonds is 22. The molecule has 2 heterocycles. The number of aromatic nitrogens is 1. The highest BCUT2D eigenvalue weighted by Gasteiger charge is 2.61. The average Bonchev–Trinajstić information content (AvgIpc) is 3.74. The van der Waals surface area contributed by atoms with Crippen molar-refractivity contribution in [1.29, 1.82) is 0 Å². The van der Waals surface area contributed by atoms with E-state index in [4.69, 9.17) is 29.2 Å². The van der Waals surface area contributed by atoms with Gasteiger partial charge in [0.15, 0.2) is 6.10 Å². The van der Waals surface area contributed by atoms with Gasteiger partial charge in [-0.05, 0) is 192 Å². The Hall–Kier alpha value is -3.90. The van der Waals surface area contributed by atoms with E-state index in [1.54, 1.807) is 0 Å². The third-order valence-corrected chi connectivity index (χ3v) is 20.8. The van der Waals surface area contributed by atoms with Crippen molar-refractivity contribution >= 4 is 17.1 Å². The molecule has 0 bridgehead atoms. The zero-order valence-electron chi connectivity index (χ0n) is 47.3. The lowest BCUT2D eigenvalue weighted by Crippen LogP contribution is -2.55. The van der Waals surface area contributed by atoms with E-state index in [2.05, 4.69) is 124 Å². The largest absolute Gasteiger partial charge is 0.489 e. The van der Waals surface area contributed by atoms with Crippen molar-refractivity contribution < 1.29 is 19.0 Å². The normalized spacial score (nSPS) is 30.0. The quantitative estimate of drug-likeness (QED) is 0.0580. The monoisotopic (exact) mass is 993 g/mol. The molecule has 4 saturated carbocycles. The van der Waals surface area contributed by atoms with Crippen LogP contribution in [0.15, 0.2) is 72.0 Å². The number of ether oxygens (including phenoxy) is 3. The van der Waals surface area contributed by atoms with Gasteiger partial charge < -0.3 is 19.0 Å². The first-order chi connectivity index (χ1) is 35.2. The lowest BCUT2D eigenvalue weighted by Gasteiger charge is -2.61. The first-order valence-corrected chi connectivity index (χ1v) is 29.8. The van der Waals surface area contributed by atoms with E-state index in [1.165, 1.54) is 131 Å². The van der Waals surface area contributed by atoms with E-state index in [-0.39, 0.29) is 17.1 Å². The molecule has 4 fully saturated rings. The van der Waals surface area contributed by atoms with Crippen molar-refractivity contribution in [2.24, 2.45) is 63.3 Å². The number of benzene rings is 3. The van der Waals surface area contributed by atoms with E-state index in [0.29, 0.717) is 30.0 Å². The molecule has 1 aliphatic heterocycles. The van der Waals surface area contributed by atoms with Gasteiger partial charge in [0, 0.05) is 28.6 Å². The Balaban J connectivity index is 0.864. The molecule has 0 saturated heterocycles. The molecule has 73 heavy (non-hydrogen) atoms. The Labute approximate surface area is 443 Å². The third-order valence-electron chi connectivity index (χ3n) is 20.8. The first-order valence-electron chi connectivity index (χ1n) is 29.8. The minimum atomic E-state index is -0.176. The van der Waals surface area contributed by atoms with Crippen molar-refractivity contribution in [1.82, 2.24) is 4.98 Å². The fourth-order valence-corrected chi connectivity index (χ4v) is 16.1. The summed E-state index contributed by atoms with van der Waals surface area (Å²) in [4.78, 5) is 11.6. The molecule has 3 aromatic carbocycles. The van der Waals surface area contributed by atoms with Crippen molar-refractivity contribution in [3.8, 4) is 11.5 Å². The fourth-order valence-electron chi connectivity index (χ4n) is 16.1. The van der Waals surface area contributed by atoms with Crippen molar-refractivity contribution in [3.05, 3.63) is 100 Å². The Morgan fingerprint density at radius 1 is 0.726 bits per heavy atom. The van der Waals surface area contributed by atoms with Crippen LogP contribution in [0, 0.1) is 78.9 Å². The van der Waals surface area contributed by atoms with Crippen LogP contribution in [0.2, 0.25) is 0 Å². The van der Waals surface area contributed by atoms with Crippen LogP contribution in [0.5, 0.6) is 11.5 Å². The standard InChI is InChI=1S/C67H96N2O4/c1-45(2)19-14-20-46(3)21-15-22-47(4)23-17-36-65(8)37-34-56-50(7)63(48(5)49(6)64(56)72-65)71-44-61(73-69-42-53-27-16-26-52-28-18-40-68-62(52)53)60-32-31-58-57-30-29-54-41-55(70-43-51-24-12-11-13-25-51)33-38-66(54,9)59(57)35-39-67(58,60)10/h11-13,16,18,24-28,40,42,45-47,54-55,57-61H,14-15,17,19-23,29-39,41,43-44H2,1-10H3/b69-42+/t46-,47-,54+,55+,57+,58+,59+,60-,61-,65-,66+,67+/m1/s1. The Morgan fingerprint density at radius 2 is 1.45 bits per heavy atom. The summed E-state index contributed by atoms with van der Waals surface area (Å²) in [6.45, 7) is 25.3. The summed E-state index contributed by atoms with van der Waals surface area (Å²) >= 11 is 0. The van der Waals surface area contributed by atoms with Crippen LogP contribution in [-0.4, -0.2) is 35.6 Å². The van der Waals surface area contributed by atoms with Crippen LogP contribution in [0.4, 0.5) is 0 Å². The van der Waals surface area contributed by atoms with Crippen molar-refractivity contribution in [2.75, 3.05) is 6.61 Å². The number of para-hydroxylation sites is 1. The van der Waals surface area contributed by atoms with Gasteiger partial charge in [0.1, 0.15) is 23.7 Å². The zero-order valence-corrected chi connectivity index (χ0v) is 47.3. The van der Waals surface area contributed by atoms with Gasteiger partial charge in [-0.2, -0.15) is 0 Å². The van der Waals surface area contributed by atoms with Crippen LogP contribution in [-0.2, 0) is 22.6 Å². The molecule has 9 rings (SSSR count). The molecule has 0 amide bonds. The number of pyridine rings is 1. The topological polar surface area (TPSA) is 62.2 Å².